The molecular weight excluding hydrogens is 497 g/mol. The number of hydrogen-bond donors (Lipinski definition) is 3. The van der Waals surface area contributed by atoms with Gasteiger partial charge in [-0.25, -0.2) is 15.8 Å². The van der Waals surface area contributed by atoms with Crippen LogP contribution in [0.5, 0.6) is 5.75 Å². The minimum atomic E-state index is -0.136. The van der Waals surface area contributed by atoms with Gasteiger partial charge in [-0.15, -0.1) is 37.2 Å². The van der Waals surface area contributed by atoms with Crippen molar-refractivity contribution in [3.05, 3.63) is 59.8 Å². The Bertz CT molecular complexity index is 1110. The van der Waals surface area contributed by atoms with Gasteiger partial charge >= 0.3 is 0 Å². The molecule has 1 aliphatic rings. The number of pyridine rings is 1. The molecule has 0 unspecified atom stereocenters. The van der Waals surface area contributed by atoms with Gasteiger partial charge in [-0.3, -0.25) is 15.4 Å². The molecule has 2 atom stereocenters. The van der Waals surface area contributed by atoms with E-state index in [1.807, 2.05) is 48.6 Å². The summed E-state index contributed by atoms with van der Waals surface area (Å²) >= 11 is 0. The summed E-state index contributed by atoms with van der Waals surface area (Å²) in [4.78, 5) is 14.0. The Balaban J connectivity index is 0.00000193. The van der Waals surface area contributed by atoms with E-state index in [1.54, 1.807) is 13.3 Å². The number of benzene rings is 1. The molecule has 1 aliphatic carbocycles. The molecule has 1 aromatic carbocycles. The second-order valence-electron chi connectivity index (χ2n) is 7.69. The van der Waals surface area contributed by atoms with Crippen LogP contribution in [0.25, 0.3) is 23.1 Å². The van der Waals surface area contributed by atoms with Crippen LogP contribution in [0.4, 0.5) is 0 Å². The maximum atomic E-state index is 7.83. The summed E-state index contributed by atoms with van der Waals surface area (Å²) in [5.41, 5.74) is 8.30. The van der Waals surface area contributed by atoms with Crippen LogP contribution in [-0.2, 0) is 0 Å². The molecule has 1 saturated carbocycles. The van der Waals surface area contributed by atoms with Crippen LogP contribution in [0, 0.1) is 5.41 Å². The van der Waals surface area contributed by atoms with Crippen LogP contribution in [0.3, 0.4) is 0 Å². The first-order chi connectivity index (χ1) is 15.1. The zero-order valence-corrected chi connectivity index (χ0v) is 21.2. The van der Waals surface area contributed by atoms with E-state index in [1.165, 1.54) is 5.01 Å². The summed E-state index contributed by atoms with van der Waals surface area (Å²) in [5.74, 6) is 7.43. The van der Waals surface area contributed by atoms with E-state index < -0.39 is 0 Å². The second-order valence-corrected chi connectivity index (χ2v) is 7.69. The van der Waals surface area contributed by atoms with Crippen molar-refractivity contribution in [3.8, 4) is 5.75 Å². The zero-order valence-electron chi connectivity index (χ0n) is 18.8. The minimum Gasteiger partial charge on any atom is -0.497 e. The molecule has 34 heavy (non-hydrogen) atoms. The summed E-state index contributed by atoms with van der Waals surface area (Å²) in [6, 6.07) is 11.5. The highest BCUT2D eigenvalue weighted by Crippen LogP contribution is 2.38. The molecule has 4 rings (SSSR count). The highest BCUT2D eigenvalue weighted by molar-refractivity contribution is 5.86. The minimum absolute atomic E-state index is 0. The standard InChI is InChI=1S/C23H27N7O.3ClH/c1-31-16-10-11-19-18(14-16)22(17-7-2-3-8-20(17)30(26)23(24)25)29-21(28-19)12-9-15-6-4-5-13-27-15;;;/h4-6,9-14,17,20H,2-3,7-8,26H2,1H3,(H3,24,25);3*1H/b12-9-;;;/t17-,20+;;;/m1.../s1. The van der Waals surface area contributed by atoms with E-state index in [0.717, 1.165) is 53.7 Å². The zero-order chi connectivity index (χ0) is 21.8. The fourth-order valence-electron chi connectivity index (χ4n) is 4.21. The third-order valence-corrected chi connectivity index (χ3v) is 5.76. The van der Waals surface area contributed by atoms with Crippen molar-refractivity contribution in [1.82, 2.24) is 20.0 Å². The highest BCUT2D eigenvalue weighted by Gasteiger charge is 2.33. The first kappa shape index (κ1) is 29.4. The van der Waals surface area contributed by atoms with Crippen LogP contribution in [0.15, 0.2) is 42.6 Å². The van der Waals surface area contributed by atoms with Crippen LogP contribution in [0.1, 0.15) is 48.8 Å². The van der Waals surface area contributed by atoms with E-state index in [2.05, 4.69) is 4.98 Å². The molecule has 2 heterocycles. The van der Waals surface area contributed by atoms with Gasteiger partial charge in [-0.1, -0.05) is 18.9 Å². The molecule has 5 N–H and O–H groups in total. The van der Waals surface area contributed by atoms with Crippen LogP contribution in [0.2, 0.25) is 0 Å². The second kappa shape index (κ2) is 13.3. The molecule has 3 aromatic rings. The van der Waals surface area contributed by atoms with Crippen molar-refractivity contribution in [2.45, 2.75) is 37.6 Å². The molecule has 0 bridgehead atoms. The molecule has 1 fully saturated rings. The van der Waals surface area contributed by atoms with Gasteiger partial charge in [0.25, 0.3) is 0 Å². The van der Waals surface area contributed by atoms with Gasteiger partial charge in [-0.2, -0.15) is 0 Å². The largest absolute Gasteiger partial charge is 0.497 e. The number of nitrogens with zero attached hydrogens (tertiary/aromatic N) is 4. The van der Waals surface area contributed by atoms with Crippen molar-refractivity contribution >= 4 is 66.2 Å². The normalized spacial score (nSPS) is 17.2. The molecule has 0 radical (unpaired) electrons. The van der Waals surface area contributed by atoms with Gasteiger partial charge in [0.1, 0.15) is 5.75 Å². The van der Waals surface area contributed by atoms with Gasteiger partial charge in [0.15, 0.2) is 5.82 Å². The van der Waals surface area contributed by atoms with Crippen LogP contribution < -0.4 is 16.3 Å². The lowest BCUT2D eigenvalue weighted by Gasteiger charge is -2.37. The first-order valence-corrected chi connectivity index (χ1v) is 10.4. The SMILES string of the molecule is COc1ccc2nc(/C=C\c3ccccn3)nc([C@@H]3CCCC[C@@H]3N(N)C(=N)N)c2c1.Cl.Cl.Cl. The Kier molecular flexibility index (Phi) is 11.5. The number of nitrogens with one attached hydrogen (secondary N) is 1. The average Bonchev–Trinajstić information content (AvgIpc) is 2.82. The lowest BCUT2D eigenvalue weighted by Crippen LogP contribution is -2.52. The number of fused-ring (bicyclic) bond motifs is 1. The van der Waals surface area contributed by atoms with Gasteiger partial charge in [0, 0.05) is 17.5 Å². The third kappa shape index (κ3) is 6.48. The molecule has 0 amide bonds. The quantitative estimate of drug-likeness (QED) is 0.192. The summed E-state index contributed by atoms with van der Waals surface area (Å²) in [6.45, 7) is 0. The Morgan fingerprint density at radius 1 is 1.09 bits per heavy atom. The maximum absolute atomic E-state index is 7.83. The Morgan fingerprint density at radius 2 is 1.85 bits per heavy atom. The molecule has 0 spiro atoms. The number of halogens is 3. The third-order valence-electron chi connectivity index (χ3n) is 5.76. The first-order valence-electron chi connectivity index (χ1n) is 10.4. The van der Waals surface area contributed by atoms with Crippen molar-refractivity contribution < 1.29 is 4.74 Å². The number of ether oxygens (including phenoxy) is 1. The fraction of sp³-hybridized carbons (Fsp3) is 0.304. The molecular formula is C23H30Cl3N7O. The number of hydrogen-bond acceptors (Lipinski definition) is 6. The van der Waals surface area contributed by atoms with Gasteiger partial charge in [0.2, 0.25) is 5.96 Å². The maximum Gasteiger partial charge on any atom is 0.203 e. The molecule has 2 aromatic heterocycles. The van der Waals surface area contributed by atoms with Crippen molar-refractivity contribution in [2.24, 2.45) is 11.6 Å². The molecule has 11 heteroatoms. The number of hydrazine groups is 1. The average molecular weight is 527 g/mol. The van der Waals surface area contributed by atoms with E-state index in [9.17, 15) is 0 Å². The van der Waals surface area contributed by atoms with Crippen molar-refractivity contribution in [1.29, 1.82) is 5.41 Å². The molecule has 0 saturated heterocycles. The summed E-state index contributed by atoms with van der Waals surface area (Å²) in [6.07, 6.45) is 9.41. The number of aromatic nitrogens is 3. The molecule has 8 nitrogen and oxygen atoms in total. The van der Waals surface area contributed by atoms with E-state index in [0.29, 0.717) is 5.82 Å². The molecule has 0 aliphatic heterocycles. The molecule has 184 valence electrons. The van der Waals surface area contributed by atoms with Crippen molar-refractivity contribution in [2.75, 3.05) is 7.11 Å². The summed E-state index contributed by atoms with van der Waals surface area (Å²) < 4.78 is 5.45. The predicted molar refractivity (Wildman–Crippen MR) is 144 cm³/mol. The topological polar surface area (TPSA) is 127 Å². The van der Waals surface area contributed by atoms with Crippen LogP contribution in [-0.4, -0.2) is 39.1 Å². The monoisotopic (exact) mass is 525 g/mol. The Labute approximate surface area is 217 Å². The predicted octanol–water partition coefficient (Wildman–Crippen LogP) is 4.56. The summed E-state index contributed by atoms with van der Waals surface area (Å²) in [5, 5.41) is 10.1. The van der Waals surface area contributed by atoms with E-state index in [-0.39, 0.29) is 55.1 Å². The van der Waals surface area contributed by atoms with Crippen LogP contribution >= 0.6 is 37.2 Å². The number of methoxy groups -OCH3 is 1. The number of rotatable bonds is 5. The summed E-state index contributed by atoms with van der Waals surface area (Å²) in [7, 11) is 1.65. The van der Waals surface area contributed by atoms with Crippen molar-refractivity contribution in [3.63, 3.8) is 0 Å². The van der Waals surface area contributed by atoms with E-state index in [4.69, 9.17) is 31.7 Å². The fourth-order valence-corrected chi connectivity index (χ4v) is 4.21. The van der Waals surface area contributed by atoms with Gasteiger partial charge in [-0.05, 0) is 55.3 Å². The number of nitrogens with two attached hydrogens (primary N) is 2. The Morgan fingerprint density at radius 3 is 2.53 bits per heavy atom. The highest BCUT2D eigenvalue weighted by atomic mass is 35.5. The smallest absolute Gasteiger partial charge is 0.203 e. The van der Waals surface area contributed by atoms with Gasteiger partial charge in [0.05, 0.1) is 30.1 Å². The lowest BCUT2D eigenvalue weighted by atomic mass is 9.80. The van der Waals surface area contributed by atoms with Gasteiger partial charge < -0.3 is 10.5 Å². The lowest BCUT2D eigenvalue weighted by molar-refractivity contribution is 0.212. The number of guanidine groups is 1. The van der Waals surface area contributed by atoms with E-state index >= 15 is 0 Å². The Hall–Kier alpha value is -2.65.